The van der Waals surface area contributed by atoms with Crippen LogP contribution in [0.1, 0.15) is 47.3 Å². The van der Waals surface area contributed by atoms with Crippen LogP contribution in [0, 0.1) is 25.2 Å². The molecule has 5 nitrogen and oxygen atoms in total. The fourth-order valence-electron chi connectivity index (χ4n) is 4.07. The van der Waals surface area contributed by atoms with Crippen LogP contribution in [0.3, 0.4) is 0 Å². The van der Waals surface area contributed by atoms with Gasteiger partial charge in [0.2, 0.25) is 0 Å². The number of rotatable bonds is 6. The van der Waals surface area contributed by atoms with E-state index in [2.05, 4.69) is 61.0 Å². The summed E-state index contributed by atoms with van der Waals surface area (Å²) in [7, 11) is 0. The topological polar surface area (TPSA) is 72.8 Å². The number of benzene rings is 2. The van der Waals surface area contributed by atoms with E-state index in [9.17, 15) is 4.79 Å². The van der Waals surface area contributed by atoms with Gasteiger partial charge >= 0.3 is 0 Å². The quantitative estimate of drug-likeness (QED) is 0.414. The second-order valence-electron chi connectivity index (χ2n) is 8.06. The van der Waals surface area contributed by atoms with Crippen LogP contribution in [0.25, 0.3) is 21.3 Å². The molecule has 4 rings (SSSR count). The van der Waals surface area contributed by atoms with E-state index in [1.807, 2.05) is 31.2 Å². The van der Waals surface area contributed by atoms with E-state index >= 15 is 0 Å². The maximum absolute atomic E-state index is 13.1. The molecule has 0 saturated heterocycles. The lowest BCUT2D eigenvalue weighted by atomic mass is 10.0. The van der Waals surface area contributed by atoms with Gasteiger partial charge in [0.1, 0.15) is 10.7 Å². The number of aryl methyl sites for hydroxylation is 2. The second kappa shape index (κ2) is 9.07. The molecule has 1 unspecified atom stereocenters. The highest BCUT2D eigenvalue weighted by Crippen LogP contribution is 2.35. The highest BCUT2D eigenvalue weighted by molar-refractivity contribution is 7.19. The van der Waals surface area contributed by atoms with Crippen molar-refractivity contribution in [1.29, 1.82) is 5.26 Å². The Morgan fingerprint density at radius 2 is 1.81 bits per heavy atom. The molecule has 0 aliphatic heterocycles. The number of aromatic amines is 1. The Morgan fingerprint density at radius 1 is 1.12 bits per heavy atom. The van der Waals surface area contributed by atoms with Crippen LogP contribution in [0.15, 0.2) is 53.3 Å². The molecule has 0 radical (unpaired) electrons. The molecule has 2 heterocycles. The summed E-state index contributed by atoms with van der Waals surface area (Å²) in [5.41, 5.74) is 4.90. The van der Waals surface area contributed by atoms with Gasteiger partial charge in [-0.15, -0.1) is 11.3 Å². The highest BCUT2D eigenvalue weighted by atomic mass is 32.1. The van der Waals surface area contributed by atoms with E-state index in [1.165, 1.54) is 5.56 Å². The molecular formula is C26H26N4OS. The molecule has 2 aromatic heterocycles. The third-order valence-corrected chi connectivity index (χ3v) is 6.96. The number of nitriles is 1. The van der Waals surface area contributed by atoms with Crippen molar-refractivity contribution in [3.63, 3.8) is 0 Å². The Bertz CT molecular complexity index is 1340. The Balaban J connectivity index is 1.66. The SMILES string of the molecule is CCN(Cc1nc2sc(C)c(-c3ccc(C)cc3)c2c(=O)[nH]1)C(C)c1ccc(C#N)cc1. The van der Waals surface area contributed by atoms with Gasteiger partial charge < -0.3 is 4.98 Å². The van der Waals surface area contributed by atoms with E-state index < -0.39 is 0 Å². The van der Waals surface area contributed by atoms with Crippen molar-refractivity contribution in [3.05, 3.63) is 86.3 Å². The molecule has 1 atom stereocenters. The molecule has 1 N–H and O–H groups in total. The normalized spacial score (nSPS) is 12.2. The van der Waals surface area contributed by atoms with Gasteiger partial charge in [0.15, 0.2) is 0 Å². The molecule has 0 saturated carbocycles. The summed E-state index contributed by atoms with van der Waals surface area (Å²) in [6.07, 6.45) is 0. The van der Waals surface area contributed by atoms with Crippen LogP contribution in [-0.4, -0.2) is 21.4 Å². The highest BCUT2D eigenvalue weighted by Gasteiger charge is 2.19. The van der Waals surface area contributed by atoms with Gasteiger partial charge in [-0.3, -0.25) is 9.69 Å². The third kappa shape index (κ3) is 4.22. The molecule has 0 fully saturated rings. The van der Waals surface area contributed by atoms with Gasteiger partial charge in [-0.05, 0) is 50.6 Å². The monoisotopic (exact) mass is 442 g/mol. The standard InChI is InChI=1S/C26H26N4OS/c1-5-30(17(3)20-12-8-19(14-27)9-13-20)15-22-28-25(31)24-23(18(4)32-26(24)29-22)21-10-6-16(2)7-11-21/h6-13,17H,5,15H2,1-4H3,(H,28,29,31). The van der Waals surface area contributed by atoms with Crippen LogP contribution < -0.4 is 5.56 Å². The lowest BCUT2D eigenvalue weighted by Crippen LogP contribution is -2.28. The maximum Gasteiger partial charge on any atom is 0.260 e. The van der Waals surface area contributed by atoms with Gasteiger partial charge in [0.25, 0.3) is 5.56 Å². The van der Waals surface area contributed by atoms with E-state index in [0.717, 1.165) is 32.9 Å². The first-order chi connectivity index (χ1) is 15.4. The van der Waals surface area contributed by atoms with Gasteiger partial charge in [-0.1, -0.05) is 48.9 Å². The third-order valence-electron chi connectivity index (χ3n) is 5.96. The minimum absolute atomic E-state index is 0.0907. The number of H-pyrrole nitrogens is 1. The molecule has 6 heteroatoms. The summed E-state index contributed by atoms with van der Waals surface area (Å²) in [6, 6.07) is 18.2. The summed E-state index contributed by atoms with van der Waals surface area (Å²) >= 11 is 1.57. The molecule has 0 aliphatic rings. The smallest absolute Gasteiger partial charge is 0.260 e. The van der Waals surface area contributed by atoms with Crippen molar-refractivity contribution < 1.29 is 0 Å². The molecule has 162 valence electrons. The molecule has 0 aliphatic carbocycles. The summed E-state index contributed by atoms with van der Waals surface area (Å²) in [5, 5.41) is 9.70. The summed E-state index contributed by atoms with van der Waals surface area (Å²) in [6.45, 7) is 9.68. The fourth-order valence-corrected chi connectivity index (χ4v) is 5.13. The molecule has 0 amide bonds. The number of nitrogens with zero attached hydrogens (tertiary/aromatic N) is 3. The van der Waals surface area contributed by atoms with Gasteiger partial charge in [-0.2, -0.15) is 5.26 Å². The number of nitrogens with one attached hydrogen (secondary N) is 1. The van der Waals surface area contributed by atoms with Crippen molar-refractivity contribution in [2.75, 3.05) is 6.54 Å². The summed E-state index contributed by atoms with van der Waals surface area (Å²) in [5.74, 6) is 0.668. The molecular weight excluding hydrogens is 416 g/mol. The van der Waals surface area contributed by atoms with Crippen molar-refractivity contribution in [3.8, 4) is 17.2 Å². The van der Waals surface area contributed by atoms with Gasteiger partial charge in [0.05, 0.1) is 23.6 Å². The number of aromatic nitrogens is 2. The Labute approximate surface area is 192 Å². The predicted molar refractivity (Wildman–Crippen MR) is 131 cm³/mol. The number of thiophene rings is 1. The lowest BCUT2D eigenvalue weighted by molar-refractivity contribution is 0.207. The number of hydrogen-bond donors (Lipinski definition) is 1. The number of hydrogen-bond acceptors (Lipinski definition) is 5. The molecule has 0 bridgehead atoms. The van der Waals surface area contributed by atoms with Crippen LogP contribution in [0.4, 0.5) is 0 Å². The second-order valence-corrected chi connectivity index (χ2v) is 9.27. The van der Waals surface area contributed by atoms with Gasteiger partial charge in [-0.25, -0.2) is 4.98 Å². The van der Waals surface area contributed by atoms with E-state index in [1.54, 1.807) is 11.3 Å². The molecule has 4 aromatic rings. The number of fused-ring (bicyclic) bond motifs is 1. The van der Waals surface area contributed by atoms with E-state index in [0.29, 0.717) is 23.3 Å². The fraction of sp³-hybridized carbons (Fsp3) is 0.269. The van der Waals surface area contributed by atoms with Crippen molar-refractivity contribution in [1.82, 2.24) is 14.9 Å². The predicted octanol–water partition coefficient (Wildman–Crippen LogP) is 5.72. The van der Waals surface area contributed by atoms with Crippen LogP contribution >= 0.6 is 11.3 Å². The lowest BCUT2D eigenvalue weighted by Gasteiger charge is -2.27. The van der Waals surface area contributed by atoms with Crippen LogP contribution in [0.5, 0.6) is 0 Å². The van der Waals surface area contributed by atoms with Crippen molar-refractivity contribution in [2.24, 2.45) is 0 Å². The minimum atomic E-state index is -0.0907. The zero-order valence-electron chi connectivity index (χ0n) is 18.8. The first-order valence-electron chi connectivity index (χ1n) is 10.7. The molecule has 32 heavy (non-hydrogen) atoms. The largest absolute Gasteiger partial charge is 0.309 e. The minimum Gasteiger partial charge on any atom is -0.309 e. The first-order valence-corrected chi connectivity index (χ1v) is 11.6. The van der Waals surface area contributed by atoms with Crippen molar-refractivity contribution >= 4 is 21.6 Å². The zero-order chi connectivity index (χ0) is 22.8. The molecule has 0 spiro atoms. The molecule has 2 aromatic carbocycles. The van der Waals surface area contributed by atoms with Crippen LogP contribution in [-0.2, 0) is 6.54 Å². The van der Waals surface area contributed by atoms with Crippen LogP contribution in [0.2, 0.25) is 0 Å². The van der Waals surface area contributed by atoms with E-state index in [-0.39, 0.29) is 11.6 Å². The summed E-state index contributed by atoms with van der Waals surface area (Å²) in [4.78, 5) is 25.1. The Kier molecular flexibility index (Phi) is 6.22. The average Bonchev–Trinajstić information content (AvgIpc) is 3.14. The Hall–Kier alpha value is -3.27. The van der Waals surface area contributed by atoms with Crippen molar-refractivity contribution in [2.45, 2.75) is 40.3 Å². The Morgan fingerprint density at radius 3 is 2.44 bits per heavy atom. The first kappa shape index (κ1) is 21.9. The zero-order valence-corrected chi connectivity index (χ0v) is 19.6. The maximum atomic E-state index is 13.1. The van der Waals surface area contributed by atoms with Gasteiger partial charge in [0, 0.05) is 16.5 Å². The summed E-state index contributed by atoms with van der Waals surface area (Å²) < 4.78 is 0. The average molecular weight is 443 g/mol. The van der Waals surface area contributed by atoms with E-state index in [4.69, 9.17) is 10.2 Å².